The van der Waals surface area contributed by atoms with Gasteiger partial charge in [-0.05, 0) is 31.5 Å². The zero-order chi connectivity index (χ0) is 14.0. The topological polar surface area (TPSA) is 29.9 Å². The highest BCUT2D eigenvalue weighted by molar-refractivity contribution is 6.42. The predicted octanol–water partition coefficient (Wildman–Crippen LogP) is 3.63. The highest BCUT2D eigenvalue weighted by atomic mass is 35.5. The van der Waals surface area contributed by atoms with Crippen molar-refractivity contribution in [2.45, 2.75) is 26.9 Å². The molecule has 1 N–H and O–H groups in total. The van der Waals surface area contributed by atoms with Crippen LogP contribution in [0, 0.1) is 13.8 Å². The van der Waals surface area contributed by atoms with Crippen molar-refractivity contribution in [1.82, 2.24) is 15.1 Å². The number of hydrogen-bond donors (Lipinski definition) is 1. The molecular formula is C14H17Cl2N3. The molecular weight excluding hydrogens is 281 g/mol. The molecule has 0 aliphatic rings. The van der Waals surface area contributed by atoms with Crippen LogP contribution in [-0.4, -0.2) is 9.78 Å². The van der Waals surface area contributed by atoms with Gasteiger partial charge in [0.2, 0.25) is 0 Å². The highest BCUT2D eigenvalue weighted by Gasteiger charge is 2.08. The van der Waals surface area contributed by atoms with E-state index in [-0.39, 0.29) is 0 Å². The van der Waals surface area contributed by atoms with Gasteiger partial charge in [-0.2, -0.15) is 5.10 Å². The summed E-state index contributed by atoms with van der Waals surface area (Å²) in [7, 11) is 1.96. The molecule has 0 saturated heterocycles. The molecule has 0 atom stereocenters. The third-order valence-corrected chi connectivity index (χ3v) is 4.01. The van der Waals surface area contributed by atoms with Crippen molar-refractivity contribution < 1.29 is 0 Å². The summed E-state index contributed by atoms with van der Waals surface area (Å²) in [5.74, 6) is 0. The summed E-state index contributed by atoms with van der Waals surface area (Å²) in [6.07, 6.45) is 0. The molecule has 1 aromatic carbocycles. The standard InChI is InChI=1S/C14H17Cl2N3/c1-9-12(10(2)19(3)18-9)8-17-7-11-4-5-13(15)14(16)6-11/h4-6,17H,7-8H2,1-3H3. The van der Waals surface area contributed by atoms with E-state index in [0.29, 0.717) is 10.0 Å². The number of rotatable bonds is 4. The van der Waals surface area contributed by atoms with Gasteiger partial charge in [-0.3, -0.25) is 4.68 Å². The minimum Gasteiger partial charge on any atom is -0.308 e. The Bertz CT molecular complexity index is 591. The van der Waals surface area contributed by atoms with Crippen molar-refractivity contribution in [2.75, 3.05) is 0 Å². The van der Waals surface area contributed by atoms with E-state index in [2.05, 4.69) is 17.3 Å². The van der Waals surface area contributed by atoms with Crippen LogP contribution in [0.5, 0.6) is 0 Å². The maximum Gasteiger partial charge on any atom is 0.0641 e. The van der Waals surface area contributed by atoms with Crippen LogP contribution >= 0.6 is 23.2 Å². The molecule has 0 spiro atoms. The largest absolute Gasteiger partial charge is 0.308 e. The van der Waals surface area contributed by atoms with Crippen molar-refractivity contribution in [3.63, 3.8) is 0 Å². The molecule has 2 aromatic rings. The van der Waals surface area contributed by atoms with E-state index in [1.807, 2.05) is 36.9 Å². The van der Waals surface area contributed by atoms with Crippen LogP contribution in [0.25, 0.3) is 0 Å². The van der Waals surface area contributed by atoms with Gasteiger partial charge in [-0.1, -0.05) is 29.3 Å². The number of nitrogens with one attached hydrogen (secondary N) is 1. The summed E-state index contributed by atoms with van der Waals surface area (Å²) in [6.45, 7) is 5.66. The van der Waals surface area contributed by atoms with Gasteiger partial charge in [0.05, 0.1) is 15.7 Å². The van der Waals surface area contributed by atoms with Gasteiger partial charge in [-0.15, -0.1) is 0 Å². The smallest absolute Gasteiger partial charge is 0.0641 e. The first-order valence-electron chi connectivity index (χ1n) is 6.12. The Labute approximate surface area is 123 Å². The molecule has 102 valence electrons. The number of nitrogens with zero attached hydrogens (tertiary/aromatic N) is 2. The van der Waals surface area contributed by atoms with Crippen LogP contribution in [-0.2, 0) is 20.1 Å². The van der Waals surface area contributed by atoms with Gasteiger partial charge < -0.3 is 5.32 Å². The molecule has 3 nitrogen and oxygen atoms in total. The molecule has 0 saturated carbocycles. The molecule has 0 amide bonds. The summed E-state index contributed by atoms with van der Waals surface area (Å²) in [5.41, 5.74) is 4.64. The number of halogens is 2. The number of benzene rings is 1. The molecule has 0 radical (unpaired) electrons. The molecule has 2 rings (SSSR count). The number of hydrogen-bond acceptors (Lipinski definition) is 2. The van der Waals surface area contributed by atoms with Crippen molar-refractivity contribution in [2.24, 2.45) is 7.05 Å². The Morgan fingerprint density at radius 2 is 1.89 bits per heavy atom. The molecule has 0 aliphatic carbocycles. The first kappa shape index (κ1) is 14.4. The van der Waals surface area contributed by atoms with E-state index in [1.165, 1.54) is 11.3 Å². The third kappa shape index (κ3) is 3.30. The molecule has 1 heterocycles. The van der Waals surface area contributed by atoms with Crippen LogP contribution in [0.15, 0.2) is 18.2 Å². The van der Waals surface area contributed by atoms with Crippen LogP contribution < -0.4 is 5.32 Å². The van der Waals surface area contributed by atoms with Gasteiger partial charge >= 0.3 is 0 Å². The van der Waals surface area contributed by atoms with Gasteiger partial charge in [-0.25, -0.2) is 0 Å². The molecule has 1 aromatic heterocycles. The second kappa shape index (κ2) is 5.95. The average molecular weight is 298 g/mol. The first-order chi connectivity index (χ1) is 8.99. The molecule has 0 bridgehead atoms. The van der Waals surface area contributed by atoms with E-state index >= 15 is 0 Å². The lowest BCUT2D eigenvalue weighted by molar-refractivity contribution is 0.684. The average Bonchev–Trinajstić information content (AvgIpc) is 2.60. The summed E-state index contributed by atoms with van der Waals surface area (Å²) in [6, 6.07) is 5.69. The van der Waals surface area contributed by atoms with E-state index in [4.69, 9.17) is 23.2 Å². The fraction of sp³-hybridized carbons (Fsp3) is 0.357. The lowest BCUT2D eigenvalue weighted by atomic mass is 10.2. The number of aromatic nitrogens is 2. The Morgan fingerprint density at radius 3 is 2.47 bits per heavy atom. The van der Waals surface area contributed by atoms with E-state index < -0.39 is 0 Å². The van der Waals surface area contributed by atoms with E-state index in [0.717, 1.165) is 24.3 Å². The Kier molecular flexibility index (Phi) is 4.50. The van der Waals surface area contributed by atoms with Gasteiger partial charge in [0, 0.05) is 31.4 Å². The summed E-state index contributed by atoms with van der Waals surface area (Å²) in [4.78, 5) is 0. The maximum atomic E-state index is 5.99. The lowest BCUT2D eigenvalue weighted by Crippen LogP contribution is -2.13. The summed E-state index contributed by atoms with van der Waals surface area (Å²) in [5, 5.41) is 8.98. The van der Waals surface area contributed by atoms with Crippen LogP contribution in [0.3, 0.4) is 0 Å². The zero-order valence-electron chi connectivity index (χ0n) is 11.3. The van der Waals surface area contributed by atoms with Gasteiger partial charge in [0.25, 0.3) is 0 Å². The van der Waals surface area contributed by atoms with E-state index in [1.54, 1.807) is 0 Å². The second-order valence-corrected chi connectivity index (χ2v) is 5.44. The lowest BCUT2D eigenvalue weighted by Gasteiger charge is -2.07. The first-order valence-corrected chi connectivity index (χ1v) is 6.88. The Morgan fingerprint density at radius 1 is 1.16 bits per heavy atom. The quantitative estimate of drug-likeness (QED) is 0.934. The Balaban J connectivity index is 1.98. The normalized spacial score (nSPS) is 11.0. The van der Waals surface area contributed by atoms with Crippen molar-refractivity contribution in [3.8, 4) is 0 Å². The van der Waals surface area contributed by atoms with Crippen LogP contribution in [0.1, 0.15) is 22.5 Å². The van der Waals surface area contributed by atoms with Gasteiger partial charge in [0.1, 0.15) is 0 Å². The van der Waals surface area contributed by atoms with Crippen molar-refractivity contribution >= 4 is 23.2 Å². The summed E-state index contributed by atoms with van der Waals surface area (Å²) >= 11 is 11.9. The fourth-order valence-corrected chi connectivity index (χ4v) is 2.38. The molecule has 5 heteroatoms. The maximum absolute atomic E-state index is 5.99. The predicted molar refractivity (Wildman–Crippen MR) is 79.7 cm³/mol. The molecule has 0 aliphatic heterocycles. The van der Waals surface area contributed by atoms with Crippen molar-refractivity contribution in [1.29, 1.82) is 0 Å². The minimum atomic E-state index is 0.587. The Hall–Kier alpha value is -1.03. The fourth-order valence-electron chi connectivity index (χ4n) is 2.05. The van der Waals surface area contributed by atoms with Crippen LogP contribution in [0.2, 0.25) is 10.0 Å². The highest BCUT2D eigenvalue weighted by Crippen LogP contribution is 2.22. The zero-order valence-corrected chi connectivity index (χ0v) is 12.8. The third-order valence-electron chi connectivity index (χ3n) is 3.27. The number of aryl methyl sites for hydroxylation is 2. The van der Waals surface area contributed by atoms with E-state index in [9.17, 15) is 0 Å². The van der Waals surface area contributed by atoms with Crippen molar-refractivity contribution in [3.05, 3.63) is 50.8 Å². The SMILES string of the molecule is Cc1nn(C)c(C)c1CNCc1ccc(Cl)c(Cl)c1. The monoisotopic (exact) mass is 297 g/mol. The minimum absolute atomic E-state index is 0.587. The van der Waals surface area contributed by atoms with Crippen LogP contribution in [0.4, 0.5) is 0 Å². The molecule has 0 unspecified atom stereocenters. The molecule has 0 fully saturated rings. The molecule has 19 heavy (non-hydrogen) atoms. The summed E-state index contributed by atoms with van der Waals surface area (Å²) < 4.78 is 1.91. The second-order valence-electron chi connectivity index (χ2n) is 4.62. The van der Waals surface area contributed by atoms with Gasteiger partial charge in [0.15, 0.2) is 0 Å².